The van der Waals surface area contributed by atoms with E-state index in [9.17, 15) is 14.9 Å². The van der Waals surface area contributed by atoms with Gasteiger partial charge in [-0.3, -0.25) is 20.0 Å². The van der Waals surface area contributed by atoms with E-state index in [1.54, 1.807) is 19.1 Å². The van der Waals surface area contributed by atoms with Gasteiger partial charge in [-0.1, -0.05) is 0 Å². The zero-order valence-corrected chi connectivity index (χ0v) is 11.6. The van der Waals surface area contributed by atoms with E-state index in [-0.39, 0.29) is 17.4 Å². The van der Waals surface area contributed by atoms with Crippen LogP contribution in [0.4, 0.5) is 5.69 Å². The molecule has 3 aromatic rings. The molecule has 0 saturated heterocycles. The number of amides is 1. The zero-order valence-electron chi connectivity index (χ0n) is 11.6. The van der Waals surface area contributed by atoms with E-state index in [1.807, 2.05) is 0 Å². The summed E-state index contributed by atoms with van der Waals surface area (Å²) >= 11 is 0. The van der Waals surface area contributed by atoms with Crippen LogP contribution in [0.3, 0.4) is 0 Å². The number of benzene rings is 1. The first-order chi connectivity index (χ1) is 10.6. The molecule has 112 valence electrons. The van der Waals surface area contributed by atoms with Crippen LogP contribution >= 0.6 is 0 Å². The third-order valence-electron chi connectivity index (χ3n) is 3.29. The molecular formula is C14H12N4O4. The molecule has 3 rings (SSSR count). The average molecular weight is 300 g/mol. The summed E-state index contributed by atoms with van der Waals surface area (Å²) in [5, 5.41) is 20.6. The Hall–Kier alpha value is -3.16. The number of nitrogens with zero attached hydrogens (tertiary/aromatic N) is 2. The van der Waals surface area contributed by atoms with Gasteiger partial charge in [0.2, 0.25) is 0 Å². The topological polar surface area (TPSA) is 114 Å². The van der Waals surface area contributed by atoms with E-state index in [4.69, 9.17) is 4.42 Å². The van der Waals surface area contributed by atoms with Crippen molar-refractivity contribution in [2.45, 2.75) is 13.0 Å². The van der Waals surface area contributed by atoms with Crippen molar-refractivity contribution in [3.63, 3.8) is 0 Å². The average Bonchev–Trinajstić information content (AvgIpc) is 3.15. The second-order valence-corrected chi connectivity index (χ2v) is 4.77. The minimum atomic E-state index is -0.514. The van der Waals surface area contributed by atoms with E-state index in [0.29, 0.717) is 16.7 Å². The van der Waals surface area contributed by atoms with Crippen LogP contribution in [0.5, 0.6) is 0 Å². The Labute approximate surface area is 124 Å². The molecule has 0 aliphatic rings. The third kappa shape index (κ3) is 2.41. The highest BCUT2D eigenvalue weighted by molar-refractivity contribution is 6.05. The summed E-state index contributed by atoms with van der Waals surface area (Å²) in [6.45, 7) is 1.77. The van der Waals surface area contributed by atoms with Gasteiger partial charge in [0.1, 0.15) is 5.76 Å². The Kier molecular flexibility index (Phi) is 3.34. The Balaban J connectivity index is 1.90. The van der Waals surface area contributed by atoms with Crippen LogP contribution in [-0.4, -0.2) is 21.0 Å². The van der Waals surface area contributed by atoms with Crippen LogP contribution in [0.1, 0.15) is 29.2 Å². The van der Waals surface area contributed by atoms with E-state index in [0.717, 1.165) is 0 Å². The second-order valence-electron chi connectivity index (χ2n) is 4.77. The van der Waals surface area contributed by atoms with Gasteiger partial charge in [-0.05, 0) is 25.1 Å². The first-order valence-electron chi connectivity index (χ1n) is 6.53. The van der Waals surface area contributed by atoms with Crippen LogP contribution in [0.15, 0.2) is 41.0 Å². The van der Waals surface area contributed by atoms with Crippen molar-refractivity contribution >= 4 is 22.5 Å². The predicted octanol–water partition coefficient (Wildman–Crippen LogP) is 2.56. The maximum absolute atomic E-state index is 12.3. The SMILES string of the molecule is CC(NC(=O)c1n[nH]c2ccc([N+](=O)[O-])cc12)c1ccco1. The van der Waals surface area contributed by atoms with E-state index >= 15 is 0 Å². The molecule has 0 bridgehead atoms. The van der Waals surface area contributed by atoms with Gasteiger partial charge in [0, 0.05) is 17.5 Å². The van der Waals surface area contributed by atoms with Gasteiger partial charge in [0.05, 0.1) is 22.7 Å². The van der Waals surface area contributed by atoms with Crippen molar-refractivity contribution in [2.24, 2.45) is 0 Å². The number of hydrogen-bond donors (Lipinski definition) is 2. The Bertz CT molecular complexity index is 838. The minimum absolute atomic E-state index is 0.0953. The number of carbonyl (C=O) groups excluding carboxylic acids is 1. The number of carbonyl (C=O) groups is 1. The van der Waals surface area contributed by atoms with Crippen LogP contribution in [0.2, 0.25) is 0 Å². The number of fused-ring (bicyclic) bond motifs is 1. The van der Waals surface area contributed by atoms with Crippen molar-refractivity contribution in [2.75, 3.05) is 0 Å². The number of nitro benzene ring substituents is 1. The molecule has 1 aromatic carbocycles. The van der Waals surface area contributed by atoms with E-state index in [2.05, 4.69) is 15.5 Å². The van der Waals surface area contributed by atoms with Gasteiger partial charge < -0.3 is 9.73 Å². The van der Waals surface area contributed by atoms with Crippen molar-refractivity contribution in [1.29, 1.82) is 0 Å². The van der Waals surface area contributed by atoms with Crippen LogP contribution in [-0.2, 0) is 0 Å². The zero-order chi connectivity index (χ0) is 15.7. The van der Waals surface area contributed by atoms with Gasteiger partial charge in [0.15, 0.2) is 5.69 Å². The lowest BCUT2D eigenvalue weighted by molar-refractivity contribution is -0.384. The van der Waals surface area contributed by atoms with Gasteiger partial charge in [-0.25, -0.2) is 0 Å². The van der Waals surface area contributed by atoms with Crippen molar-refractivity contribution < 1.29 is 14.1 Å². The lowest BCUT2D eigenvalue weighted by Crippen LogP contribution is -2.26. The number of rotatable bonds is 4. The minimum Gasteiger partial charge on any atom is -0.467 e. The van der Waals surface area contributed by atoms with Crippen LogP contribution in [0, 0.1) is 10.1 Å². The maximum Gasteiger partial charge on any atom is 0.273 e. The highest BCUT2D eigenvalue weighted by Crippen LogP contribution is 2.22. The predicted molar refractivity (Wildman–Crippen MR) is 77.3 cm³/mol. The molecule has 1 atom stereocenters. The molecular weight excluding hydrogens is 288 g/mol. The number of aromatic nitrogens is 2. The second kappa shape index (κ2) is 5.32. The van der Waals surface area contributed by atoms with E-state index in [1.165, 1.54) is 24.5 Å². The van der Waals surface area contributed by atoms with E-state index < -0.39 is 10.8 Å². The summed E-state index contributed by atoms with van der Waals surface area (Å²) in [5.41, 5.74) is 0.570. The summed E-state index contributed by atoms with van der Waals surface area (Å²) in [6, 6.07) is 7.34. The number of aromatic amines is 1. The summed E-state index contributed by atoms with van der Waals surface area (Å²) in [5.74, 6) is 0.176. The molecule has 0 spiro atoms. The van der Waals surface area contributed by atoms with Gasteiger partial charge in [0.25, 0.3) is 11.6 Å². The standard InChI is InChI=1S/C14H12N4O4/c1-8(12-3-2-6-22-12)15-14(19)13-10-7-9(18(20)21)4-5-11(10)16-17-13/h2-8H,1H3,(H,15,19)(H,16,17). The van der Waals surface area contributed by atoms with Gasteiger partial charge >= 0.3 is 0 Å². The van der Waals surface area contributed by atoms with Crippen molar-refractivity contribution in [3.8, 4) is 0 Å². The van der Waals surface area contributed by atoms with Gasteiger partial charge in [-0.2, -0.15) is 5.10 Å². The summed E-state index contributed by atoms with van der Waals surface area (Å²) < 4.78 is 5.22. The van der Waals surface area contributed by atoms with Crippen molar-refractivity contribution in [3.05, 3.63) is 58.2 Å². The lowest BCUT2D eigenvalue weighted by atomic mass is 10.1. The molecule has 8 heteroatoms. The molecule has 1 amide bonds. The number of nitrogens with one attached hydrogen (secondary N) is 2. The van der Waals surface area contributed by atoms with Gasteiger partial charge in [-0.15, -0.1) is 0 Å². The summed E-state index contributed by atoms with van der Waals surface area (Å²) in [7, 11) is 0. The molecule has 2 heterocycles. The van der Waals surface area contributed by atoms with Crippen LogP contribution < -0.4 is 5.32 Å². The number of nitro groups is 1. The summed E-state index contributed by atoms with van der Waals surface area (Å²) in [4.78, 5) is 22.6. The fourth-order valence-corrected chi connectivity index (χ4v) is 2.16. The first-order valence-corrected chi connectivity index (χ1v) is 6.53. The highest BCUT2D eigenvalue weighted by atomic mass is 16.6. The molecule has 1 unspecified atom stereocenters. The molecule has 0 radical (unpaired) electrons. The molecule has 2 aromatic heterocycles. The maximum atomic E-state index is 12.3. The largest absolute Gasteiger partial charge is 0.467 e. The molecule has 0 fully saturated rings. The molecule has 0 saturated carbocycles. The third-order valence-corrected chi connectivity index (χ3v) is 3.29. The number of H-pyrrole nitrogens is 1. The summed E-state index contributed by atoms with van der Waals surface area (Å²) in [6.07, 6.45) is 1.52. The smallest absolute Gasteiger partial charge is 0.273 e. The molecule has 2 N–H and O–H groups in total. The molecule has 8 nitrogen and oxygen atoms in total. The lowest BCUT2D eigenvalue weighted by Gasteiger charge is -2.10. The fourth-order valence-electron chi connectivity index (χ4n) is 2.16. The molecule has 0 aliphatic heterocycles. The number of hydrogen-bond acceptors (Lipinski definition) is 5. The normalized spacial score (nSPS) is 12.2. The Morgan fingerprint density at radius 2 is 2.27 bits per heavy atom. The van der Waals surface area contributed by atoms with Crippen LogP contribution in [0.25, 0.3) is 10.9 Å². The first kappa shape index (κ1) is 13.8. The quantitative estimate of drug-likeness (QED) is 0.567. The molecule has 0 aliphatic carbocycles. The highest BCUT2D eigenvalue weighted by Gasteiger charge is 2.20. The monoisotopic (exact) mass is 300 g/mol. The number of non-ortho nitro benzene ring substituents is 1. The number of furan rings is 1. The van der Waals surface area contributed by atoms with Crippen molar-refractivity contribution in [1.82, 2.24) is 15.5 Å². The Morgan fingerprint density at radius 1 is 1.45 bits per heavy atom. The Morgan fingerprint density at radius 3 is 2.95 bits per heavy atom. The molecule has 22 heavy (non-hydrogen) atoms. The fraction of sp³-hybridized carbons (Fsp3) is 0.143.